The lowest BCUT2D eigenvalue weighted by Crippen LogP contribution is -1.98. The van der Waals surface area contributed by atoms with Crippen LogP contribution >= 0.6 is 11.3 Å². The molecule has 0 fully saturated rings. The summed E-state index contributed by atoms with van der Waals surface area (Å²) in [7, 11) is 0. The topological polar surface area (TPSA) is 57.4 Å². The number of rotatable bonds is 6. The quantitative estimate of drug-likeness (QED) is 0.882. The lowest BCUT2D eigenvalue weighted by atomic mass is 10.1. The number of nitrogens with two attached hydrogens (primary N) is 1. The Bertz CT molecular complexity index is 540. The minimum absolute atomic E-state index is 0.464. The summed E-state index contributed by atoms with van der Waals surface area (Å²) in [4.78, 5) is 4.49. The maximum Gasteiger partial charge on any atom is 0.132 e. The molecule has 2 rings (SSSR count). The number of aromatic nitrogens is 1. The van der Waals surface area contributed by atoms with Crippen molar-refractivity contribution in [2.24, 2.45) is 5.73 Å². The number of nitrogens with zero attached hydrogens (tertiary/aromatic N) is 1. The van der Waals surface area contributed by atoms with Crippen LogP contribution < -0.4 is 15.2 Å². The smallest absolute Gasteiger partial charge is 0.132 e. The predicted octanol–water partition coefficient (Wildman–Crippen LogP) is 3.07. The van der Waals surface area contributed by atoms with E-state index in [9.17, 15) is 0 Å². The fourth-order valence-corrected chi connectivity index (χ4v) is 2.45. The van der Waals surface area contributed by atoms with Crippen molar-refractivity contribution in [1.29, 1.82) is 0 Å². The monoisotopic (exact) mass is 278 g/mol. The lowest BCUT2D eigenvalue weighted by Gasteiger charge is -2.11. The molecule has 19 heavy (non-hydrogen) atoms. The van der Waals surface area contributed by atoms with E-state index in [0.717, 1.165) is 27.8 Å². The van der Waals surface area contributed by atoms with Crippen LogP contribution in [0.4, 0.5) is 0 Å². The minimum Gasteiger partial charge on any atom is -0.494 e. The van der Waals surface area contributed by atoms with Crippen LogP contribution in [0.25, 0.3) is 11.3 Å². The molecule has 0 radical (unpaired) electrons. The molecular formula is C14H18N2O2S. The van der Waals surface area contributed by atoms with Crippen molar-refractivity contribution in [2.45, 2.75) is 20.4 Å². The minimum atomic E-state index is 0.464. The fraction of sp³-hybridized carbons (Fsp3) is 0.357. The molecule has 1 heterocycles. The molecule has 1 aromatic heterocycles. The molecule has 2 aromatic rings. The fourth-order valence-electron chi connectivity index (χ4n) is 1.77. The van der Waals surface area contributed by atoms with Gasteiger partial charge in [-0.05, 0) is 26.0 Å². The first-order valence-electron chi connectivity index (χ1n) is 6.33. The van der Waals surface area contributed by atoms with Crippen molar-refractivity contribution < 1.29 is 9.47 Å². The molecular weight excluding hydrogens is 260 g/mol. The van der Waals surface area contributed by atoms with Gasteiger partial charge in [-0.15, -0.1) is 11.3 Å². The SMILES string of the molecule is CCOc1ccc(-c2csc(CN)n2)c(OCC)c1. The number of hydrogen-bond acceptors (Lipinski definition) is 5. The number of benzene rings is 1. The highest BCUT2D eigenvalue weighted by Gasteiger charge is 2.11. The van der Waals surface area contributed by atoms with E-state index in [2.05, 4.69) is 4.98 Å². The van der Waals surface area contributed by atoms with E-state index >= 15 is 0 Å². The lowest BCUT2D eigenvalue weighted by molar-refractivity contribution is 0.324. The molecule has 0 saturated carbocycles. The zero-order valence-electron chi connectivity index (χ0n) is 11.2. The van der Waals surface area contributed by atoms with Gasteiger partial charge in [0.2, 0.25) is 0 Å². The van der Waals surface area contributed by atoms with Crippen LogP contribution in [-0.4, -0.2) is 18.2 Å². The Balaban J connectivity index is 2.37. The highest BCUT2D eigenvalue weighted by Crippen LogP contribution is 2.34. The van der Waals surface area contributed by atoms with E-state index in [1.807, 2.05) is 37.4 Å². The summed E-state index contributed by atoms with van der Waals surface area (Å²) in [6.07, 6.45) is 0. The summed E-state index contributed by atoms with van der Waals surface area (Å²) in [5.74, 6) is 1.60. The van der Waals surface area contributed by atoms with Gasteiger partial charge < -0.3 is 15.2 Å². The maximum atomic E-state index is 5.67. The van der Waals surface area contributed by atoms with Crippen LogP contribution in [0.1, 0.15) is 18.9 Å². The number of thiazole rings is 1. The van der Waals surface area contributed by atoms with Gasteiger partial charge in [-0.25, -0.2) is 4.98 Å². The summed E-state index contributed by atoms with van der Waals surface area (Å²) in [6, 6.07) is 5.82. The van der Waals surface area contributed by atoms with Gasteiger partial charge in [-0.3, -0.25) is 0 Å². The van der Waals surface area contributed by atoms with E-state index in [1.54, 1.807) is 11.3 Å². The van der Waals surface area contributed by atoms with Crippen molar-refractivity contribution >= 4 is 11.3 Å². The zero-order chi connectivity index (χ0) is 13.7. The zero-order valence-corrected chi connectivity index (χ0v) is 12.0. The van der Waals surface area contributed by atoms with E-state index in [4.69, 9.17) is 15.2 Å². The molecule has 0 aliphatic rings. The molecule has 0 spiro atoms. The Labute approximate surface area is 117 Å². The first-order chi connectivity index (χ1) is 9.28. The summed E-state index contributed by atoms with van der Waals surface area (Å²) < 4.78 is 11.2. The number of hydrogen-bond donors (Lipinski definition) is 1. The molecule has 0 saturated heterocycles. The molecule has 1 aromatic carbocycles. The van der Waals surface area contributed by atoms with Crippen molar-refractivity contribution in [3.8, 4) is 22.8 Å². The van der Waals surface area contributed by atoms with E-state index in [1.165, 1.54) is 0 Å². The first kappa shape index (κ1) is 13.8. The van der Waals surface area contributed by atoms with Crippen molar-refractivity contribution in [2.75, 3.05) is 13.2 Å². The van der Waals surface area contributed by atoms with Crippen molar-refractivity contribution in [1.82, 2.24) is 4.98 Å². The Morgan fingerprint density at radius 2 is 2.00 bits per heavy atom. The van der Waals surface area contributed by atoms with Crippen LogP contribution in [0, 0.1) is 0 Å². The normalized spacial score (nSPS) is 10.5. The average Bonchev–Trinajstić information content (AvgIpc) is 2.88. The second-order valence-corrected chi connectivity index (χ2v) is 4.80. The standard InChI is InChI=1S/C14H18N2O2S/c1-3-17-10-5-6-11(13(7-10)18-4-2)12-9-19-14(8-15)16-12/h5-7,9H,3-4,8,15H2,1-2H3. The number of ether oxygens (including phenoxy) is 2. The molecule has 0 amide bonds. The van der Waals surface area contributed by atoms with Gasteiger partial charge in [0.25, 0.3) is 0 Å². The highest BCUT2D eigenvalue weighted by molar-refractivity contribution is 7.09. The average molecular weight is 278 g/mol. The first-order valence-corrected chi connectivity index (χ1v) is 7.21. The molecule has 102 valence electrons. The molecule has 0 bridgehead atoms. The summed E-state index contributed by atoms with van der Waals surface area (Å²) in [6.45, 7) is 5.63. The Kier molecular flexibility index (Phi) is 4.76. The van der Waals surface area contributed by atoms with Crippen molar-refractivity contribution in [3.63, 3.8) is 0 Å². The van der Waals surface area contributed by atoms with Crippen LogP contribution in [0.3, 0.4) is 0 Å². The summed E-state index contributed by atoms with van der Waals surface area (Å²) in [5, 5.41) is 2.92. The van der Waals surface area contributed by atoms with Crippen LogP contribution in [0.2, 0.25) is 0 Å². The van der Waals surface area contributed by atoms with Crippen LogP contribution in [0.15, 0.2) is 23.6 Å². The van der Waals surface area contributed by atoms with Crippen molar-refractivity contribution in [3.05, 3.63) is 28.6 Å². The summed E-state index contributed by atoms with van der Waals surface area (Å²) in [5.41, 5.74) is 7.47. The van der Waals surface area contributed by atoms with Gasteiger partial charge in [-0.2, -0.15) is 0 Å². The van der Waals surface area contributed by atoms with E-state index in [-0.39, 0.29) is 0 Å². The van der Waals surface area contributed by atoms with Gasteiger partial charge in [-0.1, -0.05) is 0 Å². The van der Waals surface area contributed by atoms with Gasteiger partial charge in [0, 0.05) is 23.6 Å². The molecule has 0 aliphatic carbocycles. The molecule has 0 unspecified atom stereocenters. The molecule has 0 atom stereocenters. The molecule has 4 nitrogen and oxygen atoms in total. The second kappa shape index (κ2) is 6.54. The highest BCUT2D eigenvalue weighted by atomic mass is 32.1. The Hall–Kier alpha value is -1.59. The third-order valence-corrected chi connectivity index (χ3v) is 3.44. The second-order valence-electron chi connectivity index (χ2n) is 3.85. The Morgan fingerprint density at radius 3 is 2.63 bits per heavy atom. The van der Waals surface area contributed by atoms with Gasteiger partial charge >= 0.3 is 0 Å². The molecule has 2 N–H and O–H groups in total. The Morgan fingerprint density at radius 1 is 1.21 bits per heavy atom. The van der Waals surface area contributed by atoms with E-state index < -0.39 is 0 Å². The van der Waals surface area contributed by atoms with Gasteiger partial charge in [0.15, 0.2) is 0 Å². The molecule has 0 aliphatic heterocycles. The van der Waals surface area contributed by atoms with Crippen LogP contribution in [0.5, 0.6) is 11.5 Å². The third kappa shape index (κ3) is 3.24. The summed E-state index contributed by atoms with van der Waals surface area (Å²) >= 11 is 1.56. The maximum absolute atomic E-state index is 5.67. The largest absolute Gasteiger partial charge is 0.494 e. The van der Waals surface area contributed by atoms with Gasteiger partial charge in [0.05, 0.1) is 18.9 Å². The third-order valence-electron chi connectivity index (χ3n) is 2.57. The van der Waals surface area contributed by atoms with Crippen LogP contribution in [-0.2, 0) is 6.54 Å². The van der Waals surface area contributed by atoms with E-state index in [0.29, 0.717) is 19.8 Å². The predicted molar refractivity (Wildman–Crippen MR) is 77.8 cm³/mol. The van der Waals surface area contributed by atoms with Gasteiger partial charge in [0.1, 0.15) is 16.5 Å². The molecule has 5 heteroatoms.